The molecule has 1 atom stereocenters. The first-order valence-corrected chi connectivity index (χ1v) is 11.1. The van der Waals surface area contributed by atoms with Crippen molar-refractivity contribution in [2.75, 3.05) is 13.7 Å². The second-order valence-corrected chi connectivity index (χ2v) is 9.40. The molecule has 1 unspecified atom stereocenters. The van der Waals surface area contributed by atoms with Gasteiger partial charge in [-0.15, -0.1) is 0 Å². The van der Waals surface area contributed by atoms with Gasteiger partial charge in [0.15, 0.2) is 0 Å². The SMILES string of the molecule is CCCCN1C(=O)C(=O)/C(=C(\O)c2ccc(OC)c(C)c2)C1c1ccc(C(C)(C)C)cc1. The molecular formula is C27H33NO4. The number of Topliss-reactive ketones (excluding diaryl/α,β-unsaturated/α-hetero) is 1. The normalized spacial score (nSPS) is 18.3. The standard InChI is InChI=1S/C27H33NO4/c1-7-8-15-28-23(18-9-12-20(13-10-18)27(3,4)5)22(25(30)26(28)31)24(29)19-11-14-21(32-6)17(2)16-19/h9-14,16,23,29H,7-8,15H2,1-6H3/b24-22-. The van der Waals surface area contributed by atoms with Crippen molar-refractivity contribution in [2.24, 2.45) is 0 Å². The number of ketones is 1. The van der Waals surface area contributed by atoms with E-state index in [1.807, 2.05) is 38.1 Å². The molecule has 3 rings (SSSR count). The summed E-state index contributed by atoms with van der Waals surface area (Å²) in [6, 6.07) is 12.6. The van der Waals surface area contributed by atoms with Crippen LogP contribution in [0.15, 0.2) is 48.0 Å². The summed E-state index contributed by atoms with van der Waals surface area (Å²) in [5.74, 6) is -0.663. The molecule has 0 bridgehead atoms. The number of aliphatic hydroxyl groups excluding tert-OH is 1. The molecule has 0 aromatic heterocycles. The van der Waals surface area contributed by atoms with Gasteiger partial charge in [0, 0.05) is 12.1 Å². The maximum atomic E-state index is 13.1. The fourth-order valence-corrected chi connectivity index (χ4v) is 4.13. The van der Waals surface area contributed by atoms with Crippen molar-refractivity contribution in [3.63, 3.8) is 0 Å². The van der Waals surface area contributed by atoms with E-state index in [0.717, 1.165) is 29.5 Å². The fraction of sp³-hybridized carbons (Fsp3) is 0.407. The van der Waals surface area contributed by atoms with Crippen LogP contribution in [0, 0.1) is 6.92 Å². The summed E-state index contributed by atoms with van der Waals surface area (Å²) in [5, 5.41) is 11.2. The predicted molar refractivity (Wildman–Crippen MR) is 127 cm³/mol. The summed E-state index contributed by atoms with van der Waals surface area (Å²) >= 11 is 0. The summed E-state index contributed by atoms with van der Waals surface area (Å²) in [6.07, 6.45) is 1.68. The minimum atomic E-state index is -0.642. The molecule has 32 heavy (non-hydrogen) atoms. The van der Waals surface area contributed by atoms with Gasteiger partial charge in [-0.3, -0.25) is 9.59 Å². The van der Waals surface area contributed by atoms with E-state index in [2.05, 4.69) is 20.8 Å². The highest BCUT2D eigenvalue weighted by Gasteiger charge is 2.45. The minimum absolute atomic E-state index is 0.0107. The van der Waals surface area contributed by atoms with Gasteiger partial charge in [0.25, 0.3) is 11.7 Å². The molecule has 1 heterocycles. The minimum Gasteiger partial charge on any atom is -0.507 e. The molecule has 0 radical (unpaired) electrons. The zero-order chi connectivity index (χ0) is 23.6. The van der Waals surface area contributed by atoms with Crippen LogP contribution in [0.4, 0.5) is 0 Å². The first kappa shape index (κ1) is 23.6. The Morgan fingerprint density at radius 1 is 1.09 bits per heavy atom. The second kappa shape index (κ2) is 9.19. The summed E-state index contributed by atoms with van der Waals surface area (Å²) in [4.78, 5) is 27.6. The smallest absolute Gasteiger partial charge is 0.295 e. The molecule has 0 saturated carbocycles. The van der Waals surface area contributed by atoms with E-state index in [4.69, 9.17) is 4.74 Å². The average molecular weight is 436 g/mol. The number of hydrogen-bond acceptors (Lipinski definition) is 4. The van der Waals surface area contributed by atoms with Gasteiger partial charge in [-0.1, -0.05) is 58.4 Å². The van der Waals surface area contributed by atoms with Gasteiger partial charge in [-0.05, 0) is 53.6 Å². The van der Waals surface area contributed by atoms with Crippen molar-refractivity contribution in [3.05, 3.63) is 70.3 Å². The van der Waals surface area contributed by atoms with E-state index in [9.17, 15) is 14.7 Å². The lowest BCUT2D eigenvalue weighted by molar-refractivity contribution is -0.139. The third-order valence-corrected chi connectivity index (χ3v) is 6.05. The number of ether oxygens (including phenoxy) is 1. The number of likely N-dealkylation sites (tertiary alicyclic amines) is 1. The number of aliphatic hydroxyl groups is 1. The second-order valence-electron chi connectivity index (χ2n) is 9.40. The van der Waals surface area contributed by atoms with Gasteiger partial charge >= 0.3 is 0 Å². The molecule has 1 fully saturated rings. The number of unbranched alkanes of at least 4 members (excludes halogenated alkanes) is 1. The number of amides is 1. The number of methoxy groups -OCH3 is 1. The van der Waals surface area contributed by atoms with Crippen LogP contribution in [-0.2, 0) is 15.0 Å². The van der Waals surface area contributed by atoms with Gasteiger partial charge in [0.2, 0.25) is 0 Å². The van der Waals surface area contributed by atoms with Crippen molar-refractivity contribution in [2.45, 2.75) is 58.9 Å². The number of carbonyl (C=O) groups is 2. The molecule has 1 amide bonds. The van der Waals surface area contributed by atoms with Crippen molar-refractivity contribution >= 4 is 17.4 Å². The molecule has 1 aliphatic rings. The Bertz CT molecular complexity index is 1040. The summed E-state index contributed by atoms with van der Waals surface area (Å²) < 4.78 is 5.31. The Labute approximate surface area is 190 Å². The number of carbonyl (C=O) groups excluding carboxylic acids is 2. The highest BCUT2D eigenvalue weighted by Crippen LogP contribution is 2.40. The van der Waals surface area contributed by atoms with Crippen LogP contribution in [0.25, 0.3) is 5.76 Å². The Morgan fingerprint density at radius 3 is 2.28 bits per heavy atom. The van der Waals surface area contributed by atoms with E-state index in [0.29, 0.717) is 17.9 Å². The van der Waals surface area contributed by atoms with Crippen LogP contribution in [0.3, 0.4) is 0 Å². The van der Waals surface area contributed by atoms with E-state index in [1.54, 1.807) is 30.2 Å². The Morgan fingerprint density at radius 2 is 1.75 bits per heavy atom. The molecule has 0 aliphatic carbocycles. The van der Waals surface area contributed by atoms with Crippen LogP contribution in [0.5, 0.6) is 5.75 Å². The van der Waals surface area contributed by atoms with E-state index in [1.165, 1.54) is 0 Å². The van der Waals surface area contributed by atoms with Gasteiger partial charge in [0.1, 0.15) is 11.5 Å². The van der Waals surface area contributed by atoms with Crippen LogP contribution >= 0.6 is 0 Å². The van der Waals surface area contributed by atoms with E-state index < -0.39 is 17.7 Å². The molecule has 1 aliphatic heterocycles. The van der Waals surface area contributed by atoms with E-state index >= 15 is 0 Å². The van der Waals surface area contributed by atoms with Gasteiger partial charge in [0.05, 0.1) is 18.7 Å². The Balaban J connectivity index is 2.15. The predicted octanol–water partition coefficient (Wildman–Crippen LogP) is 5.52. The number of benzene rings is 2. The quantitative estimate of drug-likeness (QED) is 0.368. The first-order chi connectivity index (χ1) is 15.1. The molecule has 1 N–H and O–H groups in total. The largest absolute Gasteiger partial charge is 0.507 e. The van der Waals surface area contributed by atoms with E-state index in [-0.39, 0.29) is 16.7 Å². The number of hydrogen-bond donors (Lipinski definition) is 1. The molecule has 1 saturated heterocycles. The lowest BCUT2D eigenvalue weighted by Crippen LogP contribution is -2.30. The monoisotopic (exact) mass is 435 g/mol. The van der Waals surface area contributed by atoms with Gasteiger partial charge in [-0.25, -0.2) is 0 Å². The van der Waals surface area contributed by atoms with Gasteiger partial charge in [-0.2, -0.15) is 0 Å². The number of aryl methyl sites for hydroxylation is 1. The summed E-state index contributed by atoms with van der Waals surface area (Å²) in [5.41, 5.74) is 3.44. The molecule has 170 valence electrons. The number of rotatable bonds is 6. The Kier molecular flexibility index (Phi) is 6.77. The van der Waals surface area contributed by atoms with Crippen molar-refractivity contribution in [3.8, 4) is 5.75 Å². The van der Waals surface area contributed by atoms with Crippen molar-refractivity contribution < 1.29 is 19.4 Å². The Hall–Kier alpha value is -3.08. The molecular weight excluding hydrogens is 402 g/mol. The van der Waals surface area contributed by atoms with Crippen LogP contribution in [-0.4, -0.2) is 35.4 Å². The molecule has 2 aromatic rings. The van der Waals surface area contributed by atoms with Crippen molar-refractivity contribution in [1.29, 1.82) is 0 Å². The average Bonchev–Trinajstić information content (AvgIpc) is 3.01. The van der Waals surface area contributed by atoms with Crippen LogP contribution < -0.4 is 4.74 Å². The number of nitrogens with zero attached hydrogens (tertiary/aromatic N) is 1. The zero-order valence-electron chi connectivity index (χ0n) is 19.9. The summed E-state index contributed by atoms with van der Waals surface area (Å²) in [6.45, 7) is 10.8. The molecule has 5 nitrogen and oxygen atoms in total. The highest BCUT2D eigenvalue weighted by molar-refractivity contribution is 6.46. The third-order valence-electron chi connectivity index (χ3n) is 6.05. The topological polar surface area (TPSA) is 66.8 Å². The molecule has 5 heteroatoms. The third kappa shape index (κ3) is 4.43. The van der Waals surface area contributed by atoms with Gasteiger partial charge < -0.3 is 14.7 Å². The van der Waals surface area contributed by atoms with Crippen LogP contribution in [0.1, 0.15) is 68.8 Å². The molecule has 0 spiro atoms. The van der Waals surface area contributed by atoms with Crippen LogP contribution in [0.2, 0.25) is 0 Å². The first-order valence-electron chi connectivity index (χ1n) is 11.1. The summed E-state index contributed by atoms with van der Waals surface area (Å²) in [7, 11) is 1.59. The lowest BCUT2D eigenvalue weighted by atomic mass is 9.85. The zero-order valence-corrected chi connectivity index (χ0v) is 19.9. The maximum Gasteiger partial charge on any atom is 0.295 e. The van der Waals surface area contributed by atoms with Crippen molar-refractivity contribution in [1.82, 2.24) is 4.90 Å². The highest BCUT2D eigenvalue weighted by atomic mass is 16.5. The fourth-order valence-electron chi connectivity index (χ4n) is 4.13. The molecule has 2 aromatic carbocycles. The lowest BCUT2D eigenvalue weighted by Gasteiger charge is -2.26. The maximum absolute atomic E-state index is 13.1.